The Hall–Kier alpha value is 0.169. The molecule has 0 rings (SSSR count). The molecule has 0 aromatic heterocycles. The summed E-state index contributed by atoms with van der Waals surface area (Å²) in [6, 6.07) is 0. The van der Waals surface area contributed by atoms with E-state index < -0.39 is 31.2 Å². The zero-order chi connectivity index (χ0) is 34.0. The van der Waals surface area contributed by atoms with Crippen LogP contribution in [0.15, 0.2) is 0 Å². The monoisotopic (exact) mass is 766 g/mol. The van der Waals surface area contributed by atoms with Crippen LogP contribution in [0.5, 0.6) is 0 Å². The predicted octanol–water partition coefficient (Wildman–Crippen LogP) is -8.54. The van der Waals surface area contributed by atoms with Gasteiger partial charge in [-0.2, -0.15) is 25.3 Å². The van der Waals surface area contributed by atoms with Crippen LogP contribution in [-0.2, 0) is 65.3 Å². The predicted molar refractivity (Wildman–Crippen MR) is 151 cm³/mol. The van der Waals surface area contributed by atoms with Gasteiger partial charge in [0.25, 0.3) is 0 Å². The Balaban J connectivity index is -0.0000000273. The summed E-state index contributed by atoms with van der Waals surface area (Å²) in [5.41, 5.74) is 58.8. The first-order valence-electron chi connectivity index (χ1n) is 9.99. The van der Waals surface area contributed by atoms with Gasteiger partial charge in [-0.1, -0.05) is 0 Å². The van der Waals surface area contributed by atoms with Gasteiger partial charge < -0.3 is 68.8 Å². The average Bonchev–Trinajstić information content (AvgIpc) is 2.81. The Morgan fingerprint density at radius 3 is 0.293 bits per heavy atom. The summed E-state index contributed by atoms with van der Waals surface area (Å²) in [5.74, 6) is 0. The Morgan fingerprint density at radius 1 is 0.268 bits per heavy atom. The Morgan fingerprint density at radius 2 is 0.293 bits per heavy atom. The second-order valence-electron chi connectivity index (χ2n) is 4.81. The van der Waals surface area contributed by atoms with Gasteiger partial charge in [-0.15, -0.1) is 0 Å². The molecule has 29 heteroatoms. The average molecular weight is 767 g/mol. The molecule has 0 saturated carbocycles. The zero-order valence-electron chi connectivity index (χ0n) is 22.5. The third kappa shape index (κ3) is 1540. The minimum Gasteiger partial charge on any atom is -0.329 e. The van der Waals surface area contributed by atoms with Gasteiger partial charge in [-0.25, -0.2) is 0 Å². The molecule has 0 spiro atoms. The van der Waals surface area contributed by atoms with Crippen LogP contribution in [-0.4, -0.2) is 131 Å². The molecule has 0 aliphatic carbocycles. The molecule has 0 aliphatic rings. The van der Waals surface area contributed by atoms with Crippen molar-refractivity contribution in [2.45, 2.75) is 0 Å². The molecule has 0 saturated heterocycles. The molecule has 0 aromatic carbocycles. The van der Waals surface area contributed by atoms with Gasteiger partial charge in [0.05, 0.1) is 0 Å². The summed E-state index contributed by atoms with van der Waals surface area (Å²) in [6.45, 7) is 7.17. The van der Waals surface area contributed by atoms with E-state index >= 15 is 0 Å². The van der Waals surface area contributed by atoms with E-state index in [1.807, 2.05) is 0 Å². The van der Waals surface area contributed by atoms with Gasteiger partial charge in [0.1, 0.15) is 0 Å². The molecule has 256 valence electrons. The number of rotatable bonds is 6. The molecule has 30 N–H and O–H groups in total. The minimum absolute atomic E-state index is 0. The first-order valence-corrected chi connectivity index (χ1v) is 14.2. The van der Waals surface area contributed by atoms with E-state index in [1.54, 1.807) is 0 Å². The standard InChI is InChI=1S/6C2H8N2.2Fe.3H2O4S/c6*3-1-2-4;;;3*1-5(2,3)4/h6*1-4H2;;;3*(H2,1,2,3,4)/q;;;;;;2*+6;;;. The zero-order valence-corrected chi connectivity index (χ0v) is 27.1. The Labute approximate surface area is 264 Å². The summed E-state index contributed by atoms with van der Waals surface area (Å²) in [7, 11) is -14.0. The van der Waals surface area contributed by atoms with Gasteiger partial charge >= 0.3 is 65.3 Å². The number of hydrogen-bond donors (Lipinski definition) is 18. The van der Waals surface area contributed by atoms with Crippen LogP contribution >= 0.6 is 0 Å². The third-order valence-electron chi connectivity index (χ3n) is 1.00. The normalized spacial score (nSPS) is 8.63. The van der Waals surface area contributed by atoms with E-state index in [-0.39, 0.29) is 34.1 Å². The van der Waals surface area contributed by atoms with Gasteiger partial charge in [0.2, 0.25) is 0 Å². The molecule has 0 atom stereocenters. The molecule has 0 fully saturated rings. The summed E-state index contributed by atoms with van der Waals surface area (Å²) < 4.78 is 94.8. The van der Waals surface area contributed by atoms with Gasteiger partial charge in [-0.05, 0) is 0 Å². The van der Waals surface area contributed by atoms with Gasteiger partial charge in [0.15, 0.2) is 0 Å². The van der Waals surface area contributed by atoms with Crippen molar-refractivity contribution in [3.63, 3.8) is 0 Å². The van der Waals surface area contributed by atoms with Crippen molar-refractivity contribution >= 4 is 31.2 Å². The second kappa shape index (κ2) is 67.7. The van der Waals surface area contributed by atoms with Gasteiger partial charge in [-0.3, -0.25) is 27.3 Å². The molecular formula is C12H54Fe2N12O12S3+12. The van der Waals surface area contributed by atoms with E-state index in [0.717, 1.165) is 0 Å². The fourth-order valence-electron chi connectivity index (χ4n) is 0. The van der Waals surface area contributed by atoms with Gasteiger partial charge in [0, 0.05) is 78.5 Å². The molecule has 0 amide bonds. The van der Waals surface area contributed by atoms with Crippen LogP contribution in [0.25, 0.3) is 0 Å². The SMILES string of the molecule is NCCN.NCCN.NCCN.NCCN.NCCN.NCCN.O=S(=O)(O)O.O=S(=O)(O)O.O=S(=O)(O)O.[Fe+6].[Fe+6]. The molecule has 0 unspecified atom stereocenters. The smallest absolute Gasteiger partial charge is 0.329 e. The van der Waals surface area contributed by atoms with E-state index in [0.29, 0.717) is 78.5 Å². The van der Waals surface area contributed by atoms with E-state index in [1.165, 1.54) is 0 Å². The van der Waals surface area contributed by atoms with E-state index in [2.05, 4.69) is 0 Å². The molecule has 0 aromatic rings. The summed E-state index contributed by atoms with van der Waals surface area (Å²) in [5, 5.41) is 0. The van der Waals surface area contributed by atoms with Crippen molar-refractivity contribution < 1.29 is 86.7 Å². The minimum atomic E-state index is -4.67. The molecule has 0 bridgehead atoms. The summed E-state index contributed by atoms with van der Waals surface area (Å²) in [6.07, 6.45) is 0. The van der Waals surface area contributed by atoms with Crippen LogP contribution in [0, 0.1) is 0 Å². The quantitative estimate of drug-likeness (QED) is 0.0881. The largest absolute Gasteiger partial charge is 6.00 e. The topological polar surface area (TPSA) is 536 Å². The molecule has 0 aliphatic heterocycles. The van der Waals surface area contributed by atoms with Crippen LogP contribution < -0.4 is 68.8 Å². The maximum absolute atomic E-state index is 8.74. The Bertz CT molecular complexity index is 532. The fraction of sp³-hybridized carbons (Fsp3) is 1.00. The first-order chi connectivity index (χ1) is 17.5. The molecule has 0 heterocycles. The summed E-state index contributed by atoms with van der Waals surface area (Å²) in [4.78, 5) is 0. The van der Waals surface area contributed by atoms with Crippen LogP contribution in [0.1, 0.15) is 0 Å². The molecule has 0 radical (unpaired) electrons. The van der Waals surface area contributed by atoms with Crippen molar-refractivity contribution in [3.8, 4) is 0 Å². The van der Waals surface area contributed by atoms with Crippen LogP contribution in [0.4, 0.5) is 0 Å². The van der Waals surface area contributed by atoms with Crippen LogP contribution in [0.2, 0.25) is 0 Å². The summed E-state index contributed by atoms with van der Waals surface area (Å²) >= 11 is 0. The third-order valence-corrected chi connectivity index (χ3v) is 1.00. The number of hydrogen-bond acceptors (Lipinski definition) is 18. The van der Waals surface area contributed by atoms with Crippen molar-refractivity contribution in [2.24, 2.45) is 68.8 Å². The van der Waals surface area contributed by atoms with E-state index in [4.69, 9.17) is 121 Å². The molecular weight excluding hydrogens is 712 g/mol. The van der Waals surface area contributed by atoms with E-state index in [9.17, 15) is 0 Å². The van der Waals surface area contributed by atoms with Crippen molar-refractivity contribution in [1.29, 1.82) is 0 Å². The Kier molecular flexibility index (Phi) is 121. The first kappa shape index (κ1) is 73.0. The van der Waals surface area contributed by atoms with Crippen molar-refractivity contribution in [2.75, 3.05) is 78.5 Å². The maximum Gasteiger partial charge on any atom is 6.00 e. The second-order valence-corrected chi connectivity index (χ2v) is 7.49. The number of nitrogens with two attached hydrogens (primary N) is 12. The molecule has 24 nitrogen and oxygen atoms in total. The molecule has 41 heavy (non-hydrogen) atoms. The van der Waals surface area contributed by atoms with Crippen molar-refractivity contribution in [3.05, 3.63) is 0 Å². The maximum atomic E-state index is 8.74. The fourth-order valence-corrected chi connectivity index (χ4v) is 0. The van der Waals surface area contributed by atoms with Crippen molar-refractivity contribution in [1.82, 2.24) is 0 Å². The van der Waals surface area contributed by atoms with Crippen LogP contribution in [0.3, 0.4) is 0 Å².